The van der Waals surface area contributed by atoms with Gasteiger partial charge in [-0.05, 0) is 73.5 Å². The largest absolute Gasteiger partial charge is 0.383 e. The molecule has 0 aromatic heterocycles. The van der Waals surface area contributed by atoms with E-state index in [0.29, 0.717) is 31.4 Å². The summed E-state index contributed by atoms with van der Waals surface area (Å²) < 4.78 is 33.8. The highest BCUT2D eigenvalue weighted by atomic mass is 32.2. The molecule has 2 aromatic carbocycles. The molecule has 8 heteroatoms. The number of sulfonamides is 1. The van der Waals surface area contributed by atoms with Gasteiger partial charge in [-0.1, -0.05) is 24.3 Å². The van der Waals surface area contributed by atoms with Gasteiger partial charge in [-0.25, -0.2) is 8.42 Å². The van der Waals surface area contributed by atoms with Crippen LogP contribution in [0.5, 0.6) is 0 Å². The highest BCUT2D eigenvalue weighted by Gasteiger charge is 2.33. The standard InChI is InChI=1S/C26H35N3O4S/c1-20(30)27-24-9-11-26(12-10-24)34(31,32)29(14-15-33-2)19-21-6-5-13-28(18-21)25-16-22-7-3-4-8-23(22)17-25/h3-4,7-12,21,25H,5-6,13-19H2,1-2H3,(H,27,30). The van der Waals surface area contributed by atoms with Gasteiger partial charge >= 0.3 is 0 Å². The minimum Gasteiger partial charge on any atom is -0.383 e. The molecule has 4 rings (SSSR count). The lowest BCUT2D eigenvalue weighted by molar-refractivity contribution is -0.114. The Labute approximate surface area is 203 Å². The van der Waals surface area contributed by atoms with E-state index < -0.39 is 10.0 Å². The molecule has 1 unspecified atom stereocenters. The molecule has 1 N–H and O–H groups in total. The Balaban J connectivity index is 1.44. The quantitative estimate of drug-likeness (QED) is 0.590. The summed E-state index contributed by atoms with van der Waals surface area (Å²) >= 11 is 0. The first-order valence-electron chi connectivity index (χ1n) is 12.0. The molecule has 1 aliphatic heterocycles. The summed E-state index contributed by atoms with van der Waals surface area (Å²) in [7, 11) is -2.09. The van der Waals surface area contributed by atoms with Crippen molar-refractivity contribution in [2.24, 2.45) is 5.92 Å². The molecule has 0 bridgehead atoms. The van der Waals surface area contributed by atoms with Gasteiger partial charge in [0.25, 0.3) is 0 Å². The Morgan fingerprint density at radius 2 is 1.79 bits per heavy atom. The number of likely N-dealkylation sites (tertiary alicyclic amines) is 1. The lowest BCUT2D eigenvalue weighted by Gasteiger charge is -2.38. The molecule has 1 amide bonds. The maximum atomic E-state index is 13.5. The summed E-state index contributed by atoms with van der Waals surface area (Å²) in [5.74, 6) is 0.0901. The third-order valence-corrected chi connectivity index (χ3v) is 8.79. The Bertz CT molecular complexity index is 1060. The molecule has 184 valence electrons. The number of nitrogens with one attached hydrogen (secondary N) is 1. The van der Waals surface area contributed by atoms with E-state index in [-0.39, 0.29) is 16.7 Å². The van der Waals surface area contributed by atoms with Crippen LogP contribution in [0, 0.1) is 5.92 Å². The number of hydrogen-bond donors (Lipinski definition) is 1. The van der Waals surface area contributed by atoms with Crippen LogP contribution in [0.2, 0.25) is 0 Å². The number of fused-ring (bicyclic) bond motifs is 1. The van der Waals surface area contributed by atoms with Crippen molar-refractivity contribution in [3.63, 3.8) is 0 Å². The van der Waals surface area contributed by atoms with Crippen LogP contribution >= 0.6 is 0 Å². The van der Waals surface area contributed by atoms with Gasteiger partial charge in [0, 0.05) is 45.4 Å². The number of carbonyl (C=O) groups excluding carboxylic acids is 1. The average molecular weight is 486 g/mol. The van der Waals surface area contributed by atoms with E-state index in [9.17, 15) is 13.2 Å². The third kappa shape index (κ3) is 5.86. The zero-order chi connectivity index (χ0) is 24.1. The maximum absolute atomic E-state index is 13.5. The number of carbonyl (C=O) groups is 1. The average Bonchev–Trinajstić information content (AvgIpc) is 3.26. The zero-order valence-electron chi connectivity index (χ0n) is 20.1. The number of nitrogens with zero attached hydrogens (tertiary/aromatic N) is 2. The van der Waals surface area contributed by atoms with Gasteiger partial charge in [-0.3, -0.25) is 9.69 Å². The molecule has 1 heterocycles. The number of amides is 1. The van der Waals surface area contributed by atoms with E-state index >= 15 is 0 Å². The number of piperidine rings is 1. The van der Waals surface area contributed by atoms with Gasteiger partial charge in [-0.2, -0.15) is 4.31 Å². The molecule has 1 aliphatic carbocycles. The van der Waals surface area contributed by atoms with Crippen molar-refractivity contribution < 1.29 is 17.9 Å². The van der Waals surface area contributed by atoms with Gasteiger partial charge in [0.05, 0.1) is 11.5 Å². The van der Waals surface area contributed by atoms with E-state index in [1.54, 1.807) is 35.7 Å². The van der Waals surface area contributed by atoms with Crippen molar-refractivity contribution in [2.75, 3.05) is 45.2 Å². The lowest BCUT2D eigenvalue weighted by Crippen LogP contribution is -2.47. The summed E-state index contributed by atoms with van der Waals surface area (Å²) in [6, 6.07) is 15.6. The molecule has 7 nitrogen and oxygen atoms in total. The van der Waals surface area contributed by atoms with Crippen LogP contribution in [0.4, 0.5) is 5.69 Å². The highest BCUT2D eigenvalue weighted by molar-refractivity contribution is 7.89. The van der Waals surface area contributed by atoms with Crippen LogP contribution in [0.1, 0.15) is 30.9 Å². The molecule has 2 aromatic rings. The number of hydrogen-bond acceptors (Lipinski definition) is 5. The maximum Gasteiger partial charge on any atom is 0.243 e. The smallest absolute Gasteiger partial charge is 0.243 e. The van der Waals surface area contributed by atoms with Gasteiger partial charge in [0.1, 0.15) is 0 Å². The van der Waals surface area contributed by atoms with E-state index in [0.717, 1.165) is 38.8 Å². The molecule has 2 aliphatic rings. The fourth-order valence-electron chi connectivity index (χ4n) is 5.23. The Hall–Kier alpha value is -2.26. The van der Waals surface area contributed by atoms with E-state index in [1.807, 2.05) is 0 Å². The van der Waals surface area contributed by atoms with Crippen molar-refractivity contribution >= 4 is 21.6 Å². The molecular weight excluding hydrogens is 450 g/mol. The Kier molecular flexibility index (Phi) is 8.03. The van der Waals surface area contributed by atoms with Crippen LogP contribution in [-0.4, -0.2) is 69.5 Å². The molecular formula is C26H35N3O4S. The predicted octanol–water partition coefficient (Wildman–Crippen LogP) is 3.16. The van der Waals surface area contributed by atoms with Gasteiger partial charge in [-0.15, -0.1) is 0 Å². The number of ether oxygens (including phenoxy) is 1. The Morgan fingerprint density at radius 3 is 2.41 bits per heavy atom. The van der Waals surface area contributed by atoms with Crippen LogP contribution in [-0.2, 0) is 32.4 Å². The topological polar surface area (TPSA) is 79.0 Å². The predicted molar refractivity (Wildman–Crippen MR) is 133 cm³/mol. The first-order valence-corrected chi connectivity index (χ1v) is 13.5. The molecule has 1 saturated heterocycles. The molecule has 1 fully saturated rings. The molecule has 1 atom stereocenters. The number of anilines is 1. The van der Waals surface area contributed by atoms with Gasteiger partial charge < -0.3 is 10.1 Å². The van der Waals surface area contributed by atoms with E-state index in [1.165, 1.54) is 18.1 Å². The van der Waals surface area contributed by atoms with Gasteiger partial charge in [0.2, 0.25) is 15.9 Å². The zero-order valence-corrected chi connectivity index (χ0v) is 20.9. The van der Waals surface area contributed by atoms with Crippen LogP contribution < -0.4 is 5.32 Å². The second kappa shape index (κ2) is 11.0. The Morgan fingerprint density at radius 1 is 1.12 bits per heavy atom. The molecule has 0 spiro atoms. The summed E-state index contributed by atoms with van der Waals surface area (Å²) in [6.45, 7) is 4.56. The second-order valence-electron chi connectivity index (χ2n) is 9.40. The van der Waals surface area contributed by atoms with Crippen LogP contribution in [0.25, 0.3) is 0 Å². The molecule has 0 radical (unpaired) electrons. The second-order valence-corrected chi connectivity index (χ2v) is 11.3. The van der Waals surface area contributed by atoms with Crippen molar-refractivity contribution in [3.8, 4) is 0 Å². The molecule has 0 saturated carbocycles. The summed E-state index contributed by atoms with van der Waals surface area (Å²) in [5, 5.41) is 2.68. The number of rotatable bonds is 9. The third-order valence-electron chi connectivity index (χ3n) is 6.92. The number of methoxy groups -OCH3 is 1. The summed E-state index contributed by atoms with van der Waals surface area (Å²) in [4.78, 5) is 14.1. The summed E-state index contributed by atoms with van der Waals surface area (Å²) in [5.41, 5.74) is 3.47. The minimum absolute atomic E-state index is 0.190. The van der Waals surface area contributed by atoms with Crippen LogP contribution in [0.3, 0.4) is 0 Å². The van der Waals surface area contributed by atoms with E-state index in [2.05, 4.69) is 34.5 Å². The highest BCUT2D eigenvalue weighted by Crippen LogP contribution is 2.30. The SMILES string of the molecule is COCCN(CC1CCCN(C2Cc3ccccc3C2)C1)S(=O)(=O)c1ccc(NC(C)=O)cc1. The van der Waals surface area contributed by atoms with Crippen molar-refractivity contribution in [2.45, 2.75) is 43.5 Å². The van der Waals surface area contributed by atoms with Gasteiger partial charge in [0.15, 0.2) is 0 Å². The minimum atomic E-state index is -3.68. The normalized spacial score (nSPS) is 19.3. The van der Waals surface area contributed by atoms with Crippen molar-refractivity contribution in [1.82, 2.24) is 9.21 Å². The first kappa shape index (κ1) is 24.9. The fraction of sp³-hybridized carbons (Fsp3) is 0.500. The lowest BCUT2D eigenvalue weighted by atomic mass is 9.96. The number of benzene rings is 2. The fourth-order valence-corrected chi connectivity index (χ4v) is 6.73. The van der Waals surface area contributed by atoms with Crippen molar-refractivity contribution in [3.05, 3.63) is 59.7 Å². The van der Waals surface area contributed by atoms with Crippen molar-refractivity contribution in [1.29, 1.82) is 0 Å². The van der Waals surface area contributed by atoms with Crippen LogP contribution in [0.15, 0.2) is 53.4 Å². The first-order chi connectivity index (χ1) is 16.4. The van der Waals surface area contributed by atoms with E-state index in [4.69, 9.17) is 4.74 Å². The summed E-state index contributed by atoms with van der Waals surface area (Å²) in [6.07, 6.45) is 4.27. The molecule has 34 heavy (non-hydrogen) atoms. The monoisotopic (exact) mass is 485 g/mol.